The van der Waals surface area contributed by atoms with Crippen molar-refractivity contribution in [1.82, 2.24) is 23.7 Å². The molecule has 3 aromatic carbocycles. The summed E-state index contributed by atoms with van der Waals surface area (Å²) in [6.45, 7) is 16.3. The summed E-state index contributed by atoms with van der Waals surface area (Å²) >= 11 is 0. The fourth-order valence-electron chi connectivity index (χ4n) is 9.09. The fraction of sp³-hybridized carbons (Fsp3) is 0.408. The number of hydrogen-bond acceptors (Lipinski definition) is 14. The molecular formula is C76H65F20N5O13S2. The van der Waals surface area contributed by atoms with Crippen LogP contribution in [-0.4, -0.2) is 198 Å². The first kappa shape index (κ1) is 103. The molecule has 0 atom stereocenters. The Morgan fingerprint density at radius 1 is 0.491 bits per heavy atom. The Kier molecular flexibility index (Phi) is 43.7. The number of morpholine rings is 2. The van der Waals surface area contributed by atoms with Gasteiger partial charge in [-0.1, -0.05) is 69.0 Å². The molecule has 624 valence electrons. The molecule has 4 aliphatic heterocycles. The van der Waals surface area contributed by atoms with E-state index in [4.69, 9.17) is 32.2 Å². The largest absolute Gasteiger partial charge is 0.514 e. The van der Waals surface area contributed by atoms with Crippen LogP contribution in [0.2, 0.25) is 0 Å². The molecule has 40 heteroatoms. The molecule has 116 heavy (non-hydrogen) atoms. The number of carbonyl (C=O) groups excluding carboxylic acids is 2. The van der Waals surface area contributed by atoms with Gasteiger partial charge in [-0.15, -0.1) is 12.8 Å². The summed E-state index contributed by atoms with van der Waals surface area (Å²) in [4.78, 5) is 35.2. The molecule has 3 aromatic rings. The molecule has 1 amide bonds. The molecule has 4 fully saturated rings. The van der Waals surface area contributed by atoms with E-state index in [9.17, 15) is 114 Å². The van der Waals surface area contributed by atoms with Crippen LogP contribution in [0.15, 0.2) is 70.5 Å². The van der Waals surface area contributed by atoms with E-state index in [1.807, 2.05) is 6.07 Å². The van der Waals surface area contributed by atoms with Gasteiger partial charge in [0.05, 0.1) is 34.2 Å². The van der Waals surface area contributed by atoms with Crippen LogP contribution in [0.1, 0.15) is 60.3 Å². The minimum Gasteiger partial charge on any atom is -0.475 e. The number of aliphatic carboxylic acids is 1. The van der Waals surface area contributed by atoms with Crippen molar-refractivity contribution >= 4 is 38.3 Å². The van der Waals surface area contributed by atoms with Crippen molar-refractivity contribution in [3.05, 3.63) is 89.7 Å². The highest BCUT2D eigenvalue weighted by atomic mass is 32.2. The van der Waals surface area contributed by atoms with Gasteiger partial charge in [-0.3, -0.25) is 0 Å². The number of rotatable bonds is 10. The maximum absolute atomic E-state index is 13.1. The van der Waals surface area contributed by atoms with Gasteiger partial charge in [0, 0.05) is 39.3 Å². The lowest BCUT2D eigenvalue weighted by molar-refractivity contribution is -0.309. The van der Waals surface area contributed by atoms with Crippen molar-refractivity contribution in [2.24, 2.45) is 0 Å². The van der Waals surface area contributed by atoms with Crippen molar-refractivity contribution in [3.8, 4) is 149 Å². The molecule has 4 heterocycles. The van der Waals surface area contributed by atoms with E-state index in [-0.39, 0.29) is 56.1 Å². The zero-order chi connectivity index (χ0) is 88.2. The molecule has 2 N–H and O–H groups in total. The number of terminal acetylenes is 2. The van der Waals surface area contributed by atoms with Crippen molar-refractivity contribution in [2.75, 3.05) is 85.2 Å². The predicted molar refractivity (Wildman–Crippen MR) is 376 cm³/mol. The number of benzene rings is 3. The number of alkyl halides is 15. The van der Waals surface area contributed by atoms with Crippen LogP contribution in [0, 0.1) is 172 Å². The number of piperidine rings is 2. The first-order valence-electron chi connectivity index (χ1n) is 32.7. The van der Waals surface area contributed by atoms with E-state index in [1.54, 1.807) is 60.6 Å². The summed E-state index contributed by atoms with van der Waals surface area (Å²) in [5, 5.41) is 10.4. The Morgan fingerprint density at radius 3 is 1.09 bits per heavy atom. The predicted octanol–water partition coefficient (Wildman–Crippen LogP) is 11.7. The molecule has 0 aliphatic carbocycles. The van der Waals surface area contributed by atoms with E-state index in [2.05, 4.69) is 175 Å². The summed E-state index contributed by atoms with van der Waals surface area (Å²) in [6, 6.07) is 16.3. The normalized spacial score (nSPS) is 14.5. The van der Waals surface area contributed by atoms with E-state index >= 15 is 0 Å². The highest BCUT2D eigenvalue weighted by molar-refractivity contribution is 7.89. The summed E-state index contributed by atoms with van der Waals surface area (Å²) in [5.74, 6) is 35.0. The number of halogens is 20. The van der Waals surface area contributed by atoms with Gasteiger partial charge in [-0.2, -0.15) is 83.2 Å². The molecule has 0 bridgehead atoms. The van der Waals surface area contributed by atoms with Gasteiger partial charge >= 0.3 is 49.1 Å². The van der Waals surface area contributed by atoms with Crippen molar-refractivity contribution < 1.29 is 148 Å². The molecule has 0 aromatic heterocycles. The Bertz CT molecular complexity index is 4650. The molecule has 0 saturated carbocycles. The third-order valence-corrected chi connectivity index (χ3v) is 18.3. The van der Waals surface area contributed by atoms with Gasteiger partial charge in [0.25, 0.3) is 12.2 Å². The second-order valence-electron chi connectivity index (χ2n) is 22.2. The lowest BCUT2D eigenvalue weighted by atomic mass is 9.90. The average molecular weight is 1700 g/mol. The van der Waals surface area contributed by atoms with Crippen molar-refractivity contribution in [1.29, 1.82) is 0 Å². The van der Waals surface area contributed by atoms with Crippen LogP contribution in [0.25, 0.3) is 0 Å². The lowest BCUT2D eigenvalue weighted by Crippen LogP contribution is -2.59. The van der Waals surface area contributed by atoms with E-state index < -0.39 is 122 Å². The third-order valence-electron chi connectivity index (χ3n) is 14.6. The number of nitrogens with zero attached hydrogens (tertiary/aromatic N) is 4. The number of hydrogen-bond donors (Lipinski definition) is 2. The molecule has 18 nitrogen and oxygen atoms in total. The van der Waals surface area contributed by atoms with Gasteiger partial charge in [-0.25, -0.2) is 44.4 Å². The molecule has 0 unspecified atom stereocenters. The lowest BCUT2D eigenvalue weighted by Gasteiger charge is -2.46. The zero-order valence-electron chi connectivity index (χ0n) is 61.1. The van der Waals surface area contributed by atoms with Gasteiger partial charge in [0.15, 0.2) is 0 Å². The Hall–Kier alpha value is -11.4. The monoisotopic (exact) mass is 1700 g/mol. The topological polar surface area (TPSA) is 211 Å². The summed E-state index contributed by atoms with van der Waals surface area (Å²) < 4.78 is 320. The second-order valence-corrected chi connectivity index (χ2v) is 26.1. The number of sulfonamides is 2. The van der Waals surface area contributed by atoms with Gasteiger partial charge < -0.3 is 43.9 Å². The quantitative estimate of drug-likeness (QED) is 0.0483. The smallest absolute Gasteiger partial charge is 0.475 e. The number of carbonyl (C=O) groups is 3. The fourth-order valence-corrected chi connectivity index (χ4v) is 12.1. The van der Waals surface area contributed by atoms with Crippen LogP contribution < -0.4 is 10.1 Å². The van der Waals surface area contributed by atoms with Gasteiger partial charge in [0.1, 0.15) is 0 Å². The Morgan fingerprint density at radius 2 is 0.793 bits per heavy atom. The third kappa shape index (κ3) is 36.4. The number of likely N-dealkylation sites (tertiary alicyclic amines) is 1. The van der Waals surface area contributed by atoms with E-state index in [0.29, 0.717) is 24.6 Å². The number of nitrogens with one attached hydrogen (secondary N) is 1. The Labute approximate surface area is 655 Å². The first-order chi connectivity index (χ1) is 54.2. The van der Waals surface area contributed by atoms with E-state index in [1.165, 1.54) is 36.1 Å². The highest BCUT2D eigenvalue weighted by Crippen LogP contribution is 2.40. The zero-order valence-corrected chi connectivity index (χ0v) is 62.7. The molecule has 0 radical (unpaired) electrons. The molecule has 4 aliphatic rings. The summed E-state index contributed by atoms with van der Waals surface area (Å²) in [5.41, 5.74) is -1.31. The first-order valence-corrected chi connectivity index (χ1v) is 35.5. The number of carboxylic acids is 1. The minimum absolute atomic E-state index is 0.0195. The highest BCUT2D eigenvalue weighted by Gasteiger charge is 2.62. The summed E-state index contributed by atoms with van der Waals surface area (Å²) in [6.07, 6.45) is -31.3. The minimum atomic E-state index is -6.19. The van der Waals surface area contributed by atoms with Gasteiger partial charge in [-0.05, 0) is 215 Å². The maximum Gasteiger partial charge on any atom is 0.514 e. The second kappa shape index (κ2) is 49.4. The van der Waals surface area contributed by atoms with Crippen molar-refractivity contribution in [3.63, 3.8) is 0 Å². The van der Waals surface area contributed by atoms with Gasteiger partial charge in [0.2, 0.25) is 54.9 Å². The van der Waals surface area contributed by atoms with Crippen LogP contribution in [0.4, 0.5) is 97.4 Å². The SMILES string of the molecule is C#CC#CC#CC#CC#CC#CC#C.CC#CC#CC#CC#CC#CC.CCN(CC)CC.O=C(O)C(F)(F)F.O=C(OC(C(F)(F)F)C(F)(F)F)N1CCC2(CC1)CN(S(=O)(=O)c1ccccc1)CCO2.O=C(Oc1c(F)c(F)c(F)c(F)c1F)OC(C(F)(F)F)C(F)(F)F.O=S(=O)(c1ccccc1)N1CCOC2(CCNCC2)C1. The molecular weight excluding hydrogens is 1630 g/mol. The van der Waals surface area contributed by atoms with Crippen LogP contribution in [0.3, 0.4) is 0 Å². The average Bonchev–Trinajstić information content (AvgIpc) is 0.782. The molecule has 7 rings (SSSR count). The van der Waals surface area contributed by atoms with E-state index in [0.717, 1.165) is 30.8 Å². The van der Waals surface area contributed by atoms with Crippen LogP contribution >= 0.6 is 0 Å². The Balaban J connectivity index is 0.000000718. The number of carboxylic acid groups (broad SMARTS) is 1. The number of amides is 1. The standard InChI is InChI=1S/C18H20F6N2O5S.C14H20N2O3S.C14H2.C12H6.C10HF11O3.C6H15N.C2HF3O2/c19-17(20,21)14(18(22,23)24)31-15(27)25-8-6-16(7-9-25)12-26(10-11-30-16)32(28,29)13-4-2-1-3-5-13;17-20(18,13-4-2-1-3-5-13)16-10-11-19-14(12-16)6-8-15-9-7-14;1-3-5-7-9-11-13-14-12-10-8-6-4-2;1-3-5-7-9-11-12-10-8-6-4-2;11-1-2(12)4(14)6(5(15)3(1)13)23-8(22)24-7(9(16,17)18)10(19,20)21;1-4-7(5-2)6-3;3-2(4,5)1(6)7/h1-5,14H,6-12H2;1-5,15H,6-12H2;1-2H;1-2H3;7H;4-6H2,1-3H3;(H,6,7). The molecule has 2 spiro atoms. The maximum atomic E-state index is 13.1. The van der Waals surface area contributed by atoms with Crippen molar-refractivity contribution in [2.45, 2.75) is 124 Å². The molecule has 4 saturated heterocycles. The van der Waals surface area contributed by atoms with Crippen LogP contribution in [-0.2, 0) is 43.8 Å². The summed E-state index contributed by atoms with van der Waals surface area (Å²) in [7, 11) is -7.22. The number of ether oxygens (including phenoxy) is 5. The van der Waals surface area contributed by atoms with Crippen LogP contribution in [0.5, 0.6) is 5.75 Å².